The van der Waals surface area contributed by atoms with Gasteiger partial charge in [-0.15, -0.1) is 0 Å². The Morgan fingerprint density at radius 2 is 1.25 bits per heavy atom. The van der Waals surface area contributed by atoms with Crippen LogP contribution in [0, 0.1) is 0 Å². The van der Waals surface area contributed by atoms with E-state index in [0.717, 1.165) is 0 Å². The Bertz CT molecular complexity index is 8.00. The summed E-state index contributed by atoms with van der Waals surface area (Å²) >= 11 is 0.825. The van der Waals surface area contributed by atoms with Crippen molar-refractivity contribution >= 4 is 0 Å². The van der Waals surface area contributed by atoms with Crippen LogP contribution < -0.4 is 0 Å². The summed E-state index contributed by atoms with van der Waals surface area (Å²) in [5, 5.41) is 0. The molecule has 0 saturated carbocycles. The second-order valence-electron chi connectivity index (χ2n) is 0. The van der Waals surface area contributed by atoms with Gasteiger partial charge in [-0.25, -0.2) is 0 Å². The molecule has 0 rings (SSSR count). The molecule has 0 spiro atoms. The normalized spacial score (nSPS) is 2.50. The molecule has 0 aliphatic carbocycles. The predicted molar refractivity (Wildman–Crippen MR) is 1.37 cm³/mol. The summed E-state index contributed by atoms with van der Waals surface area (Å²) in [5.41, 5.74) is 0. The van der Waals surface area contributed by atoms with Crippen LogP contribution in [-0.4, -0.2) is 0 Å². The zero-order valence-corrected chi connectivity index (χ0v) is 6.91. The second kappa shape index (κ2) is 39.9. The quantitative estimate of drug-likeness (QED) is 0.498. The van der Waals surface area contributed by atoms with E-state index < -0.39 is 0 Å². The molecule has 0 aliphatic rings. The van der Waals surface area contributed by atoms with Crippen LogP contribution in [0.3, 0.4) is 0 Å². The first-order chi connectivity index (χ1) is 2.00. The maximum atomic E-state index is 8.38. The molecule has 0 saturated heterocycles. The molecule has 0 bridgehead atoms. The van der Waals surface area contributed by atoms with Gasteiger partial charge < -0.3 is 0 Å². The average Bonchev–Trinajstić information content (AvgIpc) is 1.50. The van der Waals surface area contributed by atoms with Crippen molar-refractivity contribution in [2.75, 3.05) is 0 Å². The van der Waals surface area contributed by atoms with Gasteiger partial charge in [0.2, 0.25) is 0 Å². The molecule has 0 radical (unpaired) electrons. The Morgan fingerprint density at radius 3 is 1.25 bits per heavy atom. The van der Waals surface area contributed by atoms with E-state index in [1.165, 1.54) is 0 Å². The van der Waals surface area contributed by atoms with Crippen LogP contribution in [0.1, 0.15) is 0 Å². The van der Waals surface area contributed by atoms with E-state index in [1.54, 1.807) is 0 Å². The summed E-state index contributed by atoms with van der Waals surface area (Å²) in [5.74, 6) is 0. The first kappa shape index (κ1) is 8.86. The molecule has 4 heavy (non-hydrogen) atoms. The summed E-state index contributed by atoms with van der Waals surface area (Å²) < 4.78 is 16.6. The summed E-state index contributed by atoms with van der Waals surface area (Å²) in [6.07, 6.45) is 0. The van der Waals surface area contributed by atoms with Gasteiger partial charge >= 0.3 is 45.0 Å². The Kier molecular flexibility index (Phi) is 88.4. The summed E-state index contributed by atoms with van der Waals surface area (Å²) in [6.45, 7) is 0. The van der Waals surface area contributed by atoms with E-state index >= 15 is 0 Å². The minimum atomic E-state index is 0.125. The zero-order chi connectivity index (χ0) is 4.00. The molecular weight excluding hydrogens is 193 g/mol. The van der Waals surface area contributed by atoms with Crippen LogP contribution in [0.4, 0.5) is 0 Å². The summed E-state index contributed by atoms with van der Waals surface area (Å²) in [7, 11) is 0. The van der Waals surface area contributed by atoms with Crippen molar-refractivity contribution in [2.45, 2.75) is 0 Å². The van der Waals surface area contributed by atoms with E-state index in [1.807, 2.05) is 0 Å². The average molecular weight is 193 g/mol. The fourth-order valence-corrected chi connectivity index (χ4v) is 0. The standard InChI is InChI=1S/Mo.2O.Zn. The number of hydrogen-bond acceptors (Lipinski definition) is 2. The third kappa shape index (κ3) is 12.8. The van der Waals surface area contributed by atoms with Crippen molar-refractivity contribution < 1.29 is 45.0 Å². The van der Waals surface area contributed by atoms with Crippen molar-refractivity contribution in [3.63, 3.8) is 0 Å². The third-order valence-electron chi connectivity index (χ3n) is 0. The molecule has 0 aromatic heterocycles. The monoisotopic (exact) mass is 194 g/mol. The third-order valence-corrected chi connectivity index (χ3v) is 0. The van der Waals surface area contributed by atoms with Crippen LogP contribution in [0.15, 0.2) is 0 Å². The summed E-state index contributed by atoms with van der Waals surface area (Å²) in [6, 6.07) is 0. The van der Waals surface area contributed by atoms with Gasteiger partial charge in [0.25, 0.3) is 0 Å². The number of rotatable bonds is 0. The molecule has 20 valence electrons. The van der Waals surface area contributed by atoms with E-state index in [-0.39, 0.29) is 18.3 Å². The molecule has 0 amide bonds. The fraction of sp³-hybridized carbons (Fsp3) is 0. The molecule has 0 aromatic carbocycles. The van der Waals surface area contributed by atoms with Crippen molar-refractivity contribution in [1.82, 2.24) is 0 Å². The Labute approximate surface area is 45.1 Å². The number of hydrogen-bond donors (Lipinski definition) is 0. The van der Waals surface area contributed by atoms with Crippen molar-refractivity contribution in [1.29, 1.82) is 0 Å². The van der Waals surface area contributed by atoms with Crippen molar-refractivity contribution in [2.24, 2.45) is 0 Å². The minimum absolute atomic E-state index is 0.125. The van der Waals surface area contributed by atoms with E-state index in [4.69, 9.17) is 6.97 Å². The predicted octanol–water partition coefficient (Wildman–Crippen LogP) is -0.243. The maximum absolute atomic E-state index is 8.38. The van der Waals surface area contributed by atoms with Gasteiger partial charge in [0.05, 0.1) is 0 Å². The van der Waals surface area contributed by atoms with Gasteiger partial charge in [-0.2, -0.15) is 0 Å². The van der Waals surface area contributed by atoms with Gasteiger partial charge in [-0.1, -0.05) is 0 Å². The van der Waals surface area contributed by atoms with Crippen molar-refractivity contribution in [3.8, 4) is 0 Å². The molecule has 0 fully saturated rings. The van der Waals surface area contributed by atoms with Gasteiger partial charge in [0.15, 0.2) is 0 Å². The Balaban J connectivity index is 0. The first-order valence-corrected chi connectivity index (χ1v) is 2.49. The van der Waals surface area contributed by atoms with Crippen LogP contribution in [0.5, 0.6) is 0 Å². The van der Waals surface area contributed by atoms with Crippen LogP contribution in [0.2, 0.25) is 0 Å². The molecule has 0 aromatic rings. The zero-order valence-electron chi connectivity index (χ0n) is 1.93. The molecular formula is MoO2Zn. The second-order valence-corrected chi connectivity index (χ2v) is 0. The topological polar surface area (TPSA) is 34.1 Å². The Hall–Kier alpha value is 0.912. The SMILES string of the molecule is [O]=[Mo].[O]=[Zn]. The van der Waals surface area contributed by atoms with E-state index in [9.17, 15) is 0 Å². The fourth-order valence-electron chi connectivity index (χ4n) is 0. The van der Waals surface area contributed by atoms with Gasteiger partial charge in [0, 0.05) is 0 Å². The molecule has 0 heterocycles. The van der Waals surface area contributed by atoms with Crippen LogP contribution in [-0.2, 0) is 45.0 Å². The van der Waals surface area contributed by atoms with E-state index in [0.29, 0.717) is 19.8 Å². The van der Waals surface area contributed by atoms with Gasteiger partial charge in [0.1, 0.15) is 0 Å². The molecule has 0 unspecified atom stereocenters. The van der Waals surface area contributed by atoms with Crippen LogP contribution >= 0.6 is 0 Å². The first-order valence-electron chi connectivity index (χ1n) is 0.455. The van der Waals surface area contributed by atoms with Crippen LogP contribution in [0.25, 0.3) is 0 Å². The molecule has 0 N–H and O–H groups in total. The molecule has 0 aliphatic heterocycles. The van der Waals surface area contributed by atoms with Gasteiger partial charge in [-0.3, -0.25) is 0 Å². The summed E-state index contributed by atoms with van der Waals surface area (Å²) in [4.78, 5) is 0. The molecule has 4 heteroatoms. The van der Waals surface area contributed by atoms with Crippen molar-refractivity contribution in [3.05, 3.63) is 0 Å². The van der Waals surface area contributed by atoms with E-state index in [2.05, 4.69) is 0 Å². The molecule has 2 nitrogen and oxygen atoms in total. The van der Waals surface area contributed by atoms with Gasteiger partial charge in [-0.05, 0) is 0 Å². The molecule has 0 atom stereocenters. The Morgan fingerprint density at radius 1 is 1.25 bits per heavy atom.